The van der Waals surface area contributed by atoms with Gasteiger partial charge in [-0.05, 0) is 44.2 Å². The summed E-state index contributed by atoms with van der Waals surface area (Å²) in [5.41, 5.74) is 1.47. The first-order valence-corrected chi connectivity index (χ1v) is 7.40. The molecule has 6 heteroatoms. The SMILES string of the molecule is Cc1ccccc1C(=O)NC1CCCC(OCC(F)(F)F)C1. The van der Waals surface area contributed by atoms with Gasteiger partial charge in [-0.1, -0.05) is 18.2 Å². The fraction of sp³-hybridized carbons (Fsp3) is 0.562. The number of hydrogen-bond donors (Lipinski definition) is 1. The topological polar surface area (TPSA) is 38.3 Å². The van der Waals surface area contributed by atoms with Crippen LogP contribution < -0.4 is 5.32 Å². The van der Waals surface area contributed by atoms with Gasteiger partial charge in [0.2, 0.25) is 0 Å². The fourth-order valence-electron chi connectivity index (χ4n) is 2.73. The van der Waals surface area contributed by atoms with Crippen molar-refractivity contribution >= 4 is 5.91 Å². The smallest absolute Gasteiger partial charge is 0.369 e. The Labute approximate surface area is 127 Å². The van der Waals surface area contributed by atoms with Crippen LogP contribution >= 0.6 is 0 Å². The molecule has 1 saturated carbocycles. The molecule has 1 amide bonds. The van der Waals surface area contributed by atoms with Crippen molar-refractivity contribution in [3.8, 4) is 0 Å². The third-order valence-electron chi connectivity index (χ3n) is 3.83. The molecule has 0 heterocycles. The average molecular weight is 315 g/mol. The van der Waals surface area contributed by atoms with E-state index in [2.05, 4.69) is 5.32 Å². The third kappa shape index (κ3) is 5.02. The zero-order valence-electron chi connectivity index (χ0n) is 12.5. The first-order chi connectivity index (χ1) is 10.3. The number of nitrogens with one attached hydrogen (secondary N) is 1. The van der Waals surface area contributed by atoms with E-state index in [9.17, 15) is 18.0 Å². The lowest BCUT2D eigenvalue weighted by Gasteiger charge is -2.30. The molecule has 0 aromatic heterocycles. The van der Waals surface area contributed by atoms with Gasteiger partial charge in [-0.2, -0.15) is 13.2 Å². The summed E-state index contributed by atoms with van der Waals surface area (Å²) >= 11 is 0. The number of hydrogen-bond acceptors (Lipinski definition) is 2. The zero-order valence-corrected chi connectivity index (χ0v) is 12.5. The minimum atomic E-state index is -4.31. The molecule has 1 aromatic rings. The van der Waals surface area contributed by atoms with Crippen molar-refractivity contribution in [3.63, 3.8) is 0 Å². The molecule has 1 aliphatic rings. The van der Waals surface area contributed by atoms with E-state index in [1.165, 1.54) is 0 Å². The molecule has 3 nitrogen and oxygen atoms in total. The van der Waals surface area contributed by atoms with E-state index in [-0.39, 0.29) is 11.9 Å². The highest BCUT2D eigenvalue weighted by molar-refractivity contribution is 5.95. The number of carbonyl (C=O) groups is 1. The Morgan fingerprint density at radius 3 is 2.73 bits per heavy atom. The predicted octanol–water partition coefficient (Wildman–Crippen LogP) is 3.61. The molecule has 0 aliphatic heterocycles. The van der Waals surface area contributed by atoms with Crippen LogP contribution in [0, 0.1) is 6.92 Å². The summed E-state index contributed by atoms with van der Waals surface area (Å²) in [5.74, 6) is -0.181. The second-order valence-corrected chi connectivity index (χ2v) is 5.70. The monoisotopic (exact) mass is 315 g/mol. The van der Waals surface area contributed by atoms with Crippen LogP contribution in [0.1, 0.15) is 41.6 Å². The summed E-state index contributed by atoms with van der Waals surface area (Å²) in [6.45, 7) is 0.626. The van der Waals surface area contributed by atoms with E-state index in [0.29, 0.717) is 18.4 Å². The maximum atomic E-state index is 12.2. The normalized spacial score (nSPS) is 22.4. The predicted molar refractivity (Wildman–Crippen MR) is 76.7 cm³/mol. The first kappa shape index (κ1) is 16.8. The van der Waals surface area contributed by atoms with Crippen molar-refractivity contribution in [2.75, 3.05) is 6.61 Å². The molecule has 122 valence electrons. The molecule has 1 aromatic carbocycles. The van der Waals surface area contributed by atoms with Gasteiger partial charge >= 0.3 is 6.18 Å². The summed E-state index contributed by atoms with van der Waals surface area (Å²) < 4.78 is 41.5. The molecule has 2 unspecified atom stereocenters. The molecule has 0 saturated heterocycles. The number of amides is 1. The van der Waals surface area contributed by atoms with Crippen molar-refractivity contribution in [2.24, 2.45) is 0 Å². The molecule has 1 fully saturated rings. The van der Waals surface area contributed by atoms with E-state index in [0.717, 1.165) is 18.4 Å². The minimum absolute atomic E-state index is 0.140. The number of aryl methyl sites for hydroxylation is 1. The zero-order chi connectivity index (χ0) is 16.2. The van der Waals surface area contributed by atoms with Gasteiger partial charge in [-0.15, -0.1) is 0 Å². The molecule has 2 rings (SSSR count). The maximum Gasteiger partial charge on any atom is 0.411 e. The van der Waals surface area contributed by atoms with E-state index in [4.69, 9.17) is 4.74 Å². The van der Waals surface area contributed by atoms with Gasteiger partial charge in [-0.25, -0.2) is 0 Å². The highest BCUT2D eigenvalue weighted by atomic mass is 19.4. The van der Waals surface area contributed by atoms with Crippen LogP contribution in [0.2, 0.25) is 0 Å². The van der Waals surface area contributed by atoms with Crippen LogP contribution in [0.25, 0.3) is 0 Å². The Kier molecular flexibility index (Phi) is 5.45. The Morgan fingerprint density at radius 1 is 1.32 bits per heavy atom. The van der Waals surface area contributed by atoms with E-state index < -0.39 is 18.9 Å². The Hall–Kier alpha value is -1.56. The molecular formula is C16H20F3NO2. The van der Waals surface area contributed by atoms with Gasteiger partial charge in [0.1, 0.15) is 6.61 Å². The number of benzene rings is 1. The lowest BCUT2D eigenvalue weighted by molar-refractivity contribution is -0.188. The van der Waals surface area contributed by atoms with Gasteiger partial charge in [0.25, 0.3) is 5.91 Å². The van der Waals surface area contributed by atoms with Crippen LogP contribution in [0.4, 0.5) is 13.2 Å². The summed E-state index contributed by atoms with van der Waals surface area (Å²) in [7, 11) is 0. The molecule has 0 bridgehead atoms. The number of carbonyl (C=O) groups excluding carboxylic acids is 1. The van der Waals surface area contributed by atoms with Crippen molar-refractivity contribution < 1.29 is 22.7 Å². The number of ether oxygens (including phenoxy) is 1. The second-order valence-electron chi connectivity index (χ2n) is 5.70. The quantitative estimate of drug-likeness (QED) is 0.921. The highest BCUT2D eigenvalue weighted by Crippen LogP contribution is 2.24. The number of halogens is 3. The molecular weight excluding hydrogens is 295 g/mol. The molecule has 0 radical (unpaired) electrons. The third-order valence-corrected chi connectivity index (χ3v) is 3.83. The Morgan fingerprint density at radius 2 is 2.05 bits per heavy atom. The van der Waals surface area contributed by atoms with Crippen LogP contribution in [0.15, 0.2) is 24.3 Å². The van der Waals surface area contributed by atoms with E-state index in [1.54, 1.807) is 12.1 Å². The average Bonchev–Trinajstić information content (AvgIpc) is 2.45. The van der Waals surface area contributed by atoms with Crippen LogP contribution in [-0.4, -0.2) is 30.8 Å². The van der Waals surface area contributed by atoms with Crippen molar-refractivity contribution in [1.82, 2.24) is 5.32 Å². The van der Waals surface area contributed by atoms with Gasteiger partial charge in [-0.3, -0.25) is 4.79 Å². The number of alkyl halides is 3. The Bertz CT molecular complexity index is 516. The van der Waals surface area contributed by atoms with Gasteiger partial charge < -0.3 is 10.1 Å². The summed E-state index contributed by atoms with van der Waals surface area (Å²) in [6.07, 6.45) is -2.21. The lowest BCUT2D eigenvalue weighted by Crippen LogP contribution is -2.41. The minimum Gasteiger partial charge on any atom is -0.369 e. The summed E-state index contributed by atoms with van der Waals surface area (Å²) in [4.78, 5) is 12.2. The lowest BCUT2D eigenvalue weighted by atomic mass is 9.92. The highest BCUT2D eigenvalue weighted by Gasteiger charge is 2.31. The maximum absolute atomic E-state index is 12.2. The molecule has 22 heavy (non-hydrogen) atoms. The Balaban J connectivity index is 1.88. The van der Waals surface area contributed by atoms with Crippen molar-refractivity contribution in [3.05, 3.63) is 35.4 Å². The van der Waals surface area contributed by atoms with Crippen LogP contribution in [-0.2, 0) is 4.74 Å². The van der Waals surface area contributed by atoms with Crippen molar-refractivity contribution in [2.45, 2.75) is 50.9 Å². The molecule has 1 aliphatic carbocycles. The second kappa shape index (κ2) is 7.13. The largest absolute Gasteiger partial charge is 0.411 e. The molecule has 0 spiro atoms. The summed E-state index contributed by atoms with van der Waals surface area (Å²) in [5, 5.41) is 2.90. The summed E-state index contributed by atoms with van der Waals surface area (Å²) in [6, 6.07) is 7.10. The molecule has 2 atom stereocenters. The van der Waals surface area contributed by atoms with Gasteiger partial charge in [0, 0.05) is 11.6 Å². The van der Waals surface area contributed by atoms with Crippen LogP contribution in [0.3, 0.4) is 0 Å². The van der Waals surface area contributed by atoms with Gasteiger partial charge in [0.05, 0.1) is 6.10 Å². The van der Waals surface area contributed by atoms with E-state index in [1.807, 2.05) is 19.1 Å². The van der Waals surface area contributed by atoms with Gasteiger partial charge in [0.15, 0.2) is 0 Å². The van der Waals surface area contributed by atoms with Crippen molar-refractivity contribution in [1.29, 1.82) is 0 Å². The number of rotatable bonds is 4. The standard InChI is InChI=1S/C16H20F3NO2/c1-11-5-2-3-8-14(11)15(21)20-12-6-4-7-13(9-12)22-10-16(17,18)19/h2-3,5,8,12-13H,4,6-7,9-10H2,1H3,(H,20,21). The first-order valence-electron chi connectivity index (χ1n) is 7.40. The molecule has 1 N–H and O–H groups in total. The van der Waals surface area contributed by atoms with Crippen LogP contribution in [0.5, 0.6) is 0 Å². The fourth-order valence-corrected chi connectivity index (χ4v) is 2.73. The van der Waals surface area contributed by atoms with E-state index >= 15 is 0 Å².